The number of alkyl halides is 3. The van der Waals surface area contributed by atoms with Gasteiger partial charge >= 0.3 is 6.18 Å². The monoisotopic (exact) mass is 516 g/mol. The van der Waals surface area contributed by atoms with Crippen molar-refractivity contribution in [3.63, 3.8) is 0 Å². The molecule has 0 radical (unpaired) electrons. The third kappa shape index (κ3) is 5.72. The van der Waals surface area contributed by atoms with E-state index in [9.17, 15) is 30.0 Å². The zero-order chi connectivity index (χ0) is 25.1. The lowest BCUT2D eigenvalue weighted by molar-refractivity contribution is -0.137. The third-order valence-corrected chi connectivity index (χ3v) is 7.30. The van der Waals surface area contributed by atoms with E-state index in [1.165, 1.54) is 50.6 Å². The molecule has 0 amide bonds. The highest BCUT2D eigenvalue weighted by Gasteiger charge is 2.30. The number of hydrogen-bond acceptors (Lipinski definition) is 6. The Morgan fingerprint density at radius 3 is 1.82 bits per heavy atom. The fourth-order valence-corrected chi connectivity index (χ4v) is 5.00. The number of sulfonamides is 2. The maximum Gasteiger partial charge on any atom is 0.416 e. The van der Waals surface area contributed by atoms with Gasteiger partial charge in [0, 0.05) is 17.4 Å². The molecule has 0 spiro atoms. The summed E-state index contributed by atoms with van der Waals surface area (Å²) in [5, 5.41) is 0. The number of methoxy groups -OCH3 is 2. The van der Waals surface area contributed by atoms with Crippen LogP contribution >= 0.6 is 0 Å². The molecule has 0 aromatic heterocycles. The van der Waals surface area contributed by atoms with Gasteiger partial charge in [-0.05, 0) is 54.6 Å². The van der Waals surface area contributed by atoms with Crippen LogP contribution in [0.25, 0.3) is 0 Å². The first-order chi connectivity index (χ1) is 15.9. The van der Waals surface area contributed by atoms with Crippen LogP contribution in [0, 0.1) is 0 Å². The topological polar surface area (TPSA) is 111 Å². The van der Waals surface area contributed by atoms with Crippen LogP contribution < -0.4 is 18.9 Å². The van der Waals surface area contributed by atoms with Crippen molar-refractivity contribution in [2.45, 2.75) is 16.0 Å². The van der Waals surface area contributed by atoms with Crippen molar-refractivity contribution < 1.29 is 39.5 Å². The van der Waals surface area contributed by atoms with E-state index in [0.29, 0.717) is 11.8 Å². The van der Waals surface area contributed by atoms with Gasteiger partial charge in [0.1, 0.15) is 0 Å². The van der Waals surface area contributed by atoms with E-state index < -0.39 is 31.8 Å². The molecule has 0 aliphatic rings. The summed E-state index contributed by atoms with van der Waals surface area (Å²) in [6, 6.07) is 12.4. The molecule has 3 aromatic rings. The number of nitrogens with one attached hydrogen (secondary N) is 2. The predicted octanol–water partition coefficient (Wildman–Crippen LogP) is 4.32. The van der Waals surface area contributed by atoms with Crippen molar-refractivity contribution in [2.75, 3.05) is 23.7 Å². The second kappa shape index (κ2) is 9.43. The van der Waals surface area contributed by atoms with E-state index in [0.717, 1.165) is 24.3 Å². The minimum Gasteiger partial charge on any atom is -0.493 e. The number of rotatable bonds is 8. The lowest BCUT2D eigenvalue weighted by Crippen LogP contribution is -2.15. The fourth-order valence-electron chi connectivity index (χ4n) is 2.87. The maximum absolute atomic E-state index is 12.9. The largest absolute Gasteiger partial charge is 0.493 e. The molecular weight excluding hydrogens is 497 g/mol. The summed E-state index contributed by atoms with van der Waals surface area (Å²) in [5.74, 6) is 0.539. The SMILES string of the molecule is COc1ccc(S(=O)(=O)Nc2ccc(S(=O)(=O)Nc3cccc(C(F)(F)F)c3)cc2)cc1OC. The Kier molecular flexibility index (Phi) is 6.98. The molecule has 0 bridgehead atoms. The average Bonchev–Trinajstić information content (AvgIpc) is 2.78. The van der Waals surface area contributed by atoms with Crippen LogP contribution in [-0.4, -0.2) is 31.1 Å². The van der Waals surface area contributed by atoms with Crippen LogP contribution in [0.5, 0.6) is 11.5 Å². The minimum atomic E-state index is -4.63. The van der Waals surface area contributed by atoms with Crippen LogP contribution in [0.3, 0.4) is 0 Å². The zero-order valence-electron chi connectivity index (χ0n) is 17.8. The predicted molar refractivity (Wildman–Crippen MR) is 119 cm³/mol. The van der Waals surface area contributed by atoms with E-state index in [4.69, 9.17) is 9.47 Å². The Morgan fingerprint density at radius 2 is 1.24 bits per heavy atom. The highest BCUT2D eigenvalue weighted by atomic mass is 32.2. The van der Waals surface area contributed by atoms with Gasteiger partial charge in [-0.3, -0.25) is 9.44 Å². The molecular formula is C21H19F3N2O6S2. The molecule has 0 aliphatic carbocycles. The van der Waals surface area contributed by atoms with Gasteiger partial charge in [0.05, 0.1) is 29.6 Å². The highest BCUT2D eigenvalue weighted by molar-refractivity contribution is 7.93. The van der Waals surface area contributed by atoms with E-state index in [1.54, 1.807) is 0 Å². The lowest BCUT2D eigenvalue weighted by atomic mass is 10.2. The molecule has 0 fully saturated rings. The van der Waals surface area contributed by atoms with Crippen molar-refractivity contribution in [2.24, 2.45) is 0 Å². The molecule has 3 aromatic carbocycles. The minimum absolute atomic E-state index is 0.0628. The summed E-state index contributed by atoms with van der Waals surface area (Å²) in [5.41, 5.74) is -1.21. The van der Waals surface area contributed by atoms with Crippen molar-refractivity contribution >= 4 is 31.4 Å². The molecule has 0 unspecified atom stereocenters. The van der Waals surface area contributed by atoms with Gasteiger partial charge in [-0.1, -0.05) is 6.07 Å². The van der Waals surface area contributed by atoms with Crippen molar-refractivity contribution in [3.05, 3.63) is 72.3 Å². The van der Waals surface area contributed by atoms with Crippen molar-refractivity contribution in [1.82, 2.24) is 0 Å². The van der Waals surface area contributed by atoms with Crippen LogP contribution in [0.2, 0.25) is 0 Å². The molecule has 0 saturated carbocycles. The van der Waals surface area contributed by atoms with Gasteiger partial charge in [-0.15, -0.1) is 0 Å². The first-order valence-electron chi connectivity index (χ1n) is 9.41. The van der Waals surface area contributed by atoms with Gasteiger partial charge in [-0.2, -0.15) is 13.2 Å². The fraction of sp³-hybridized carbons (Fsp3) is 0.143. The first-order valence-corrected chi connectivity index (χ1v) is 12.4. The quantitative estimate of drug-likeness (QED) is 0.461. The van der Waals surface area contributed by atoms with Gasteiger partial charge < -0.3 is 9.47 Å². The molecule has 0 atom stereocenters. The summed E-state index contributed by atoms with van der Waals surface area (Å²) in [6.45, 7) is 0. The molecule has 3 rings (SSSR count). The number of anilines is 2. The number of ether oxygens (including phenoxy) is 2. The Morgan fingerprint density at radius 1 is 0.676 bits per heavy atom. The molecule has 2 N–H and O–H groups in total. The van der Waals surface area contributed by atoms with Crippen LogP contribution in [0.15, 0.2) is 76.5 Å². The Balaban J connectivity index is 1.79. The molecule has 0 saturated heterocycles. The normalized spacial score (nSPS) is 12.1. The van der Waals surface area contributed by atoms with Gasteiger partial charge in [0.25, 0.3) is 20.0 Å². The van der Waals surface area contributed by atoms with Crippen LogP contribution in [0.4, 0.5) is 24.5 Å². The van der Waals surface area contributed by atoms with Gasteiger partial charge in [0.2, 0.25) is 0 Å². The summed E-state index contributed by atoms with van der Waals surface area (Å²) in [7, 11) is -5.51. The van der Waals surface area contributed by atoms with Gasteiger partial charge in [-0.25, -0.2) is 16.8 Å². The molecule has 13 heteroatoms. The summed E-state index contributed by atoms with van der Waals surface area (Å²) in [4.78, 5) is -0.396. The smallest absolute Gasteiger partial charge is 0.416 e. The second-order valence-electron chi connectivity index (χ2n) is 6.83. The Bertz CT molecular complexity index is 1390. The first kappa shape index (κ1) is 25.2. The molecule has 182 valence electrons. The number of benzene rings is 3. The van der Waals surface area contributed by atoms with Crippen LogP contribution in [-0.2, 0) is 26.2 Å². The standard InChI is InChI=1S/C21H19F3N2O6S2/c1-31-19-11-10-18(13-20(19)32-2)34(29,30)25-15-6-8-17(9-7-15)33(27,28)26-16-5-3-4-14(12-16)21(22,23)24/h3-13,25-26H,1-2H3. The maximum atomic E-state index is 12.9. The Labute approximate surface area is 194 Å². The number of hydrogen-bond donors (Lipinski definition) is 2. The van der Waals surface area contributed by atoms with Crippen molar-refractivity contribution in [3.8, 4) is 11.5 Å². The highest BCUT2D eigenvalue weighted by Crippen LogP contribution is 2.32. The van der Waals surface area contributed by atoms with Crippen molar-refractivity contribution in [1.29, 1.82) is 0 Å². The third-order valence-electron chi connectivity index (χ3n) is 4.52. The molecule has 0 heterocycles. The lowest BCUT2D eigenvalue weighted by Gasteiger charge is -2.13. The van der Waals surface area contributed by atoms with E-state index in [1.807, 2.05) is 0 Å². The number of halogens is 3. The summed E-state index contributed by atoms with van der Waals surface area (Å²) >= 11 is 0. The average molecular weight is 517 g/mol. The second-order valence-corrected chi connectivity index (χ2v) is 10.2. The summed E-state index contributed by atoms with van der Waals surface area (Å²) < 4.78 is 104. The van der Waals surface area contributed by atoms with Gasteiger partial charge in [0.15, 0.2) is 11.5 Å². The summed E-state index contributed by atoms with van der Waals surface area (Å²) in [6.07, 6.45) is -4.63. The molecule has 8 nitrogen and oxygen atoms in total. The van der Waals surface area contributed by atoms with E-state index >= 15 is 0 Å². The van der Waals surface area contributed by atoms with E-state index in [2.05, 4.69) is 9.44 Å². The molecule has 34 heavy (non-hydrogen) atoms. The Hall–Kier alpha value is -3.45. The molecule has 0 aliphatic heterocycles. The van der Waals surface area contributed by atoms with Crippen LogP contribution in [0.1, 0.15) is 5.56 Å². The zero-order valence-corrected chi connectivity index (χ0v) is 19.4. The van der Waals surface area contributed by atoms with E-state index in [-0.39, 0.29) is 26.9 Å².